The Morgan fingerprint density at radius 2 is 0.938 bits per heavy atom. The maximum Gasteiger partial charge on any atom is 0.135 e. The van der Waals surface area contributed by atoms with Crippen LogP contribution in [0.4, 0.5) is 17.1 Å². The topological polar surface area (TPSA) is 16.4 Å². The second kappa shape index (κ2) is 11.8. The Balaban J connectivity index is 1.11. The van der Waals surface area contributed by atoms with Crippen LogP contribution in [0.3, 0.4) is 0 Å². The first-order chi connectivity index (χ1) is 23.8. The molecule has 0 saturated carbocycles. The summed E-state index contributed by atoms with van der Waals surface area (Å²) in [7, 11) is 0. The second-order valence-electron chi connectivity index (χ2n) is 12.2. The average Bonchev–Trinajstić information content (AvgIpc) is 3.60. The minimum absolute atomic E-state index is 0.859. The van der Waals surface area contributed by atoms with Gasteiger partial charge in [-0.3, -0.25) is 0 Å². The summed E-state index contributed by atoms with van der Waals surface area (Å²) in [4.78, 5) is 2.35. The summed E-state index contributed by atoms with van der Waals surface area (Å²) in [6.07, 6.45) is 0. The quantitative estimate of drug-likeness (QED) is 0.185. The molecule has 0 aliphatic heterocycles. The van der Waals surface area contributed by atoms with E-state index in [4.69, 9.17) is 4.42 Å². The highest BCUT2D eigenvalue weighted by atomic mass is 16.3. The lowest BCUT2D eigenvalue weighted by atomic mass is 9.96. The Hall–Kier alpha value is -6.38. The first-order valence-electron chi connectivity index (χ1n) is 16.3. The van der Waals surface area contributed by atoms with E-state index in [-0.39, 0.29) is 0 Å². The van der Waals surface area contributed by atoms with Gasteiger partial charge >= 0.3 is 0 Å². The molecular formula is C46H31NO. The Labute approximate surface area is 279 Å². The van der Waals surface area contributed by atoms with Crippen molar-refractivity contribution >= 4 is 49.6 Å². The van der Waals surface area contributed by atoms with Crippen molar-refractivity contribution in [2.45, 2.75) is 0 Å². The molecule has 226 valence electrons. The number of hydrogen-bond acceptors (Lipinski definition) is 2. The summed E-state index contributed by atoms with van der Waals surface area (Å²) in [5.74, 6) is 0.859. The van der Waals surface area contributed by atoms with Crippen molar-refractivity contribution in [3.8, 4) is 33.6 Å². The fraction of sp³-hybridized carbons (Fsp3) is 0. The number of benzene rings is 8. The molecule has 0 saturated heterocycles. The predicted octanol–water partition coefficient (Wildman–Crippen LogP) is 13.2. The van der Waals surface area contributed by atoms with E-state index in [0.717, 1.165) is 39.4 Å². The van der Waals surface area contributed by atoms with Crippen molar-refractivity contribution in [1.82, 2.24) is 0 Å². The molecule has 2 heteroatoms. The van der Waals surface area contributed by atoms with Crippen LogP contribution in [0.15, 0.2) is 192 Å². The normalized spacial score (nSPS) is 11.3. The number of anilines is 3. The molecule has 1 heterocycles. The number of hydrogen-bond donors (Lipinski definition) is 0. The van der Waals surface area contributed by atoms with Crippen molar-refractivity contribution in [2.75, 3.05) is 4.90 Å². The number of rotatable bonds is 6. The maximum atomic E-state index is 6.27. The summed E-state index contributed by atoms with van der Waals surface area (Å²) >= 11 is 0. The molecular weight excluding hydrogens is 583 g/mol. The highest BCUT2D eigenvalue weighted by Crippen LogP contribution is 2.41. The molecule has 8 aromatic carbocycles. The van der Waals surface area contributed by atoms with E-state index in [1.165, 1.54) is 43.8 Å². The molecule has 0 atom stereocenters. The Kier molecular flexibility index (Phi) is 6.84. The first kappa shape index (κ1) is 27.9. The van der Waals surface area contributed by atoms with Gasteiger partial charge in [0.15, 0.2) is 0 Å². The molecule has 1 aromatic heterocycles. The zero-order valence-corrected chi connectivity index (χ0v) is 26.3. The zero-order valence-electron chi connectivity index (χ0n) is 26.3. The minimum Gasteiger partial charge on any atom is -0.456 e. The third kappa shape index (κ3) is 5.01. The van der Waals surface area contributed by atoms with Crippen molar-refractivity contribution in [3.63, 3.8) is 0 Å². The van der Waals surface area contributed by atoms with Crippen LogP contribution in [0.2, 0.25) is 0 Å². The molecule has 0 amide bonds. The van der Waals surface area contributed by atoms with Gasteiger partial charge in [-0.15, -0.1) is 0 Å². The fourth-order valence-corrected chi connectivity index (χ4v) is 6.88. The van der Waals surface area contributed by atoms with Gasteiger partial charge in [0.1, 0.15) is 11.3 Å². The van der Waals surface area contributed by atoms with Gasteiger partial charge in [0, 0.05) is 27.7 Å². The molecule has 0 N–H and O–H groups in total. The van der Waals surface area contributed by atoms with Gasteiger partial charge in [0.05, 0.1) is 5.69 Å². The van der Waals surface area contributed by atoms with Crippen LogP contribution in [-0.4, -0.2) is 0 Å². The Morgan fingerprint density at radius 1 is 0.354 bits per heavy atom. The van der Waals surface area contributed by atoms with Gasteiger partial charge in [0.2, 0.25) is 0 Å². The molecule has 0 aliphatic carbocycles. The predicted molar refractivity (Wildman–Crippen MR) is 202 cm³/mol. The first-order valence-corrected chi connectivity index (χ1v) is 16.3. The number of nitrogens with zero attached hydrogens (tertiary/aromatic N) is 1. The van der Waals surface area contributed by atoms with Crippen LogP contribution < -0.4 is 4.90 Å². The summed E-state index contributed by atoms with van der Waals surface area (Å²) in [5, 5.41) is 6.03. The molecule has 0 radical (unpaired) electrons. The molecule has 0 bridgehead atoms. The lowest BCUT2D eigenvalue weighted by molar-refractivity contribution is 0.631. The minimum atomic E-state index is 0.859. The van der Waals surface area contributed by atoms with E-state index in [1.54, 1.807) is 0 Å². The van der Waals surface area contributed by atoms with Crippen LogP contribution in [0, 0.1) is 0 Å². The van der Waals surface area contributed by atoms with Crippen LogP contribution in [-0.2, 0) is 0 Å². The SMILES string of the molecule is c1cc(-c2cc3ccccc3o2)cc(N(c2ccc(-c3ccc(-c4cccc5ccccc45)cc3)cc2)c2cccc3ccccc23)c1. The number of furan rings is 1. The summed E-state index contributed by atoms with van der Waals surface area (Å²) in [6, 6.07) is 66.9. The Bertz CT molecular complexity index is 2520. The van der Waals surface area contributed by atoms with Gasteiger partial charge in [-0.25, -0.2) is 0 Å². The van der Waals surface area contributed by atoms with Crippen molar-refractivity contribution in [1.29, 1.82) is 0 Å². The molecule has 0 unspecified atom stereocenters. The van der Waals surface area contributed by atoms with Crippen LogP contribution >= 0.6 is 0 Å². The van der Waals surface area contributed by atoms with E-state index in [0.29, 0.717) is 0 Å². The third-order valence-electron chi connectivity index (χ3n) is 9.27. The van der Waals surface area contributed by atoms with Crippen molar-refractivity contribution in [3.05, 3.63) is 188 Å². The zero-order chi connectivity index (χ0) is 31.9. The summed E-state index contributed by atoms with van der Waals surface area (Å²) < 4.78 is 6.27. The van der Waals surface area contributed by atoms with Crippen molar-refractivity contribution < 1.29 is 4.42 Å². The van der Waals surface area contributed by atoms with E-state index < -0.39 is 0 Å². The largest absolute Gasteiger partial charge is 0.456 e. The van der Waals surface area contributed by atoms with Gasteiger partial charge in [-0.1, -0.05) is 146 Å². The molecule has 9 rings (SSSR count). The third-order valence-corrected chi connectivity index (χ3v) is 9.27. The fourth-order valence-electron chi connectivity index (χ4n) is 6.88. The number of para-hydroxylation sites is 1. The highest BCUT2D eigenvalue weighted by Gasteiger charge is 2.17. The molecule has 48 heavy (non-hydrogen) atoms. The lowest BCUT2D eigenvalue weighted by Crippen LogP contribution is -2.10. The van der Waals surface area contributed by atoms with Gasteiger partial charge in [-0.2, -0.15) is 0 Å². The van der Waals surface area contributed by atoms with Gasteiger partial charge in [-0.05, 0) is 80.9 Å². The second-order valence-corrected chi connectivity index (χ2v) is 12.2. The summed E-state index contributed by atoms with van der Waals surface area (Å²) in [5.41, 5.74) is 10.1. The Morgan fingerprint density at radius 3 is 1.71 bits per heavy atom. The molecule has 0 aliphatic rings. The van der Waals surface area contributed by atoms with E-state index in [2.05, 4.69) is 175 Å². The van der Waals surface area contributed by atoms with Crippen LogP contribution in [0.1, 0.15) is 0 Å². The molecule has 0 spiro atoms. The van der Waals surface area contributed by atoms with Crippen molar-refractivity contribution in [2.24, 2.45) is 0 Å². The molecule has 9 aromatic rings. The van der Waals surface area contributed by atoms with Crippen LogP contribution in [0.5, 0.6) is 0 Å². The van der Waals surface area contributed by atoms with Gasteiger partial charge < -0.3 is 9.32 Å². The lowest BCUT2D eigenvalue weighted by Gasteiger charge is -2.27. The number of fused-ring (bicyclic) bond motifs is 3. The highest BCUT2D eigenvalue weighted by molar-refractivity contribution is 6.00. The van der Waals surface area contributed by atoms with E-state index in [9.17, 15) is 0 Å². The average molecular weight is 614 g/mol. The van der Waals surface area contributed by atoms with E-state index in [1.807, 2.05) is 18.2 Å². The molecule has 2 nitrogen and oxygen atoms in total. The van der Waals surface area contributed by atoms with E-state index >= 15 is 0 Å². The smallest absolute Gasteiger partial charge is 0.135 e. The summed E-state index contributed by atoms with van der Waals surface area (Å²) in [6.45, 7) is 0. The molecule has 0 fully saturated rings. The van der Waals surface area contributed by atoms with Gasteiger partial charge in [0.25, 0.3) is 0 Å². The van der Waals surface area contributed by atoms with Crippen LogP contribution in [0.25, 0.3) is 66.1 Å². The maximum absolute atomic E-state index is 6.27. The standard InChI is InChI=1S/C46H31NO/c1-4-17-41-34(10-1)13-8-19-42(41)36-24-22-32(23-25-36)33-26-28-39(29-27-33)47(44-20-9-14-35-11-2-5-18-43(35)44)40-16-7-15-37(30-40)46-31-38-12-3-6-21-45(38)48-46/h1-31H. The monoisotopic (exact) mass is 613 g/mol.